The van der Waals surface area contributed by atoms with E-state index in [-0.39, 0.29) is 11.9 Å². The third-order valence-corrected chi connectivity index (χ3v) is 3.45. The quantitative estimate of drug-likeness (QED) is 0.839. The zero-order valence-corrected chi connectivity index (χ0v) is 12.3. The molecule has 0 aromatic carbocycles. The number of hydrogen-bond donors (Lipinski definition) is 0. The molecule has 0 bridgehead atoms. The van der Waals surface area contributed by atoms with E-state index in [9.17, 15) is 4.79 Å². The molecule has 0 radical (unpaired) electrons. The van der Waals surface area contributed by atoms with E-state index in [0.717, 1.165) is 5.56 Å². The van der Waals surface area contributed by atoms with Gasteiger partial charge in [0.15, 0.2) is 11.6 Å². The van der Waals surface area contributed by atoms with Crippen molar-refractivity contribution in [1.29, 1.82) is 0 Å². The lowest BCUT2D eigenvalue weighted by molar-refractivity contribution is -0.0134. The molecule has 2 aromatic rings. The van der Waals surface area contributed by atoms with Crippen LogP contribution in [0.5, 0.6) is 0 Å². The molecular weight excluding hydrogens is 274 g/mol. The molecule has 7 nitrogen and oxygen atoms in total. The van der Waals surface area contributed by atoms with Gasteiger partial charge in [0.1, 0.15) is 11.8 Å². The summed E-state index contributed by atoms with van der Waals surface area (Å²) in [5.41, 5.74) is 0.824. The number of amides is 1. The summed E-state index contributed by atoms with van der Waals surface area (Å²) in [4.78, 5) is 18.6. The molecule has 0 spiro atoms. The fourth-order valence-electron chi connectivity index (χ4n) is 2.48. The van der Waals surface area contributed by atoms with E-state index in [2.05, 4.69) is 10.1 Å². The predicted molar refractivity (Wildman–Crippen MR) is 71.8 cm³/mol. The smallest absolute Gasteiger partial charge is 0.290 e. The zero-order chi connectivity index (χ0) is 15.0. The third kappa shape index (κ3) is 2.56. The highest BCUT2D eigenvalue weighted by atomic mass is 16.5. The lowest BCUT2D eigenvalue weighted by atomic mass is 10.2. The molecular formula is C14H17N3O4. The zero-order valence-electron chi connectivity index (χ0n) is 12.3. The van der Waals surface area contributed by atoms with Gasteiger partial charge in [0.2, 0.25) is 0 Å². The number of aromatic nitrogens is 2. The molecule has 7 heteroatoms. The van der Waals surface area contributed by atoms with Gasteiger partial charge in [-0.3, -0.25) is 4.79 Å². The van der Waals surface area contributed by atoms with Crippen molar-refractivity contribution >= 4 is 5.91 Å². The van der Waals surface area contributed by atoms with Gasteiger partial charge >= 0.3 is 0 Å². The summed E-state index contributed by atoms with van der Waals surface area (Å²) in [6.07, 6.45) is 0. The van der Waals surface area contributed by atoms with E-state index in [1.54, 1.807) is 11.8 Å². The number of hydrogen-bond acceptors (Lipinski definition) is 6. The Hall–Kier alpha value is -2.15. The maximum atomic E-state index is 12.7. The first-order valence-electron chi connectivity index (χ1n) is 6.82. The van der Waals surface area contributed by atoms with Gasteiger partial charge in [-0.15, -0.1) is 0 Å². The van der Waals surface area contributed by atoms with Gasteiger partial charge in [-0.25, -0.2) is 0 Å². The van der Waals surface area contributed by atoms with Crippen molar-refractivity contribution in [3.63, 3.8) is 0 Å². The second-order valence-electron chi connectivity index (χ2n) is 5.14. The molecule has 0 saturated carbocycles. The van der Waals surface area contributed by atoms with Gasteiger partial charge < -0.3 is 18.6 Å². The third-order valence-electron chi connectivity index (χ3n) is 3.45. The van der Waals surface area contributed by atoms with Crippen molar-refractivity contribution in [3.8, 4) is 0 Å². The van der Waals surface area contributed by atoms with E-state index in [1.807, 2.05) is 19.9 Å². The van der Waals surface area contributed by atoms with Crippen LogP contribution < -0.4 is 0 Å². The Kier molecular flexibility index (Phi) is 3.50. The van der Waals surface area contributed by atoms with Gasteiger partial charge in [0.05, 0.1) is 13.2 Å². The van der Waals surface area contributed by atoms with Crippen LogP contribution in [-0.4, -0.2) is 40.7 Å². The van der Waals surface area contributed by atoms with Crippen molar-refractivity contribution < 1.29 is 18.5 Å². The van der Waals surface area contributed by atoms with Crippen LogP contribution in [0.15, 0.2) is 15.0 Å². The average Bonchev–Trinajstić information content (AvgIpc) is 3.04. The molecule has 112 valence electrons. The molecule has 2 aromatic heterocycles. The lowest BCUT2D eigenvalue weighted by Crippen LogP contribution is -2.43. The van der Waals surface area contributed by atoms with Gasteiger partial charge in [-0.05, 0) is 26.8 Å². The molecule has 1 aliphatic rings. The number of morpholine rings is 1. The fraction of sp³-hybridized carbons (Fsp3) is 0.500. The summed E-state index contributed by atoms with van der Waals surface area (Å²) in [6, 6.07) is 1.47. The van der Waals surface area contributed by atoms with Crippen LogP contribution >= 0.6 is 0 Å². The second kappa shape index (κ2) is 5.33. The van der Waals surface area contributed by atoms with Crippen molar-refractivity contribution in [2.75, 3.05) is 19.8 Å². The number of carbonyl (C=O) groups is 1. The maximum absolute atomic E-state index is 12.7. The standard InChI is InChI=1S/C14H17N3O4/c1-8-6-9(2)20-12(8)14(18)17-4-5-19-7-11(17)13-15-10(3)16-21-13/h6,11H,4-5,7H2,1-3H3/t11-/m1/s1. The number of aryl methyl sites for hydroxylation is 3. The van der Waals surface area contributed by atoms with Crippen LogP contribution in [0.4, 0.5) is 0 Å². The first kappa shape index (κ1) is 13.8. The Bertz CT molecular complexity index is 661. The number of nitrogens with zero attached hydrogens (tertiary/aromatic N) is 3. The summed E-state index contributed by atoms with van der Waals surface area (Å²) >= 11 is 0. The molecule has 3 rings (SSSR count). The molecule has 21 heavy (non-hydrogen) atoms. The Morgan fingerprint density at radius 2 is 2.19 bits per heavy atom. The Labute approximate surface area is 121 Å². The summed E-state index contributed by atoms with van der Waals surface area (Å²) in [7, 11) is 0. The van der Waals surface area contributed by atoms with Crippen LogP contribution in [0.3, 0.4) is 0 Å². The van der Waals surface area contributed by atoms with Gasteiger partial charge in [0.25, 0.3) is 11.8 Å². The summed E-state index contributed by atoms with van der Waals surface area (Å²) in [6.45, 7) is 6.70. The second-order valence-corrected chi connectivity index (χ2v) is 5.14. The minimum absolute atomic E-state index is 0.176. The molecule has 1 aliphatic heterocycles. The molecule has 0 aliphatic carbocycles. The number of ether oxygens (including phenoxy) is 1. The van der Waals surface area contributed by atoms with Crippen molar-refractivity contribution in [3.05, 3.63) is 34.9 Å². The molecule has 1 atom stereocenters. The van der Waals surface area contributed by atoms with Gasteiger partial charge in [-0.1, -0.05) is 5.16 Å². The predicted octanol–water partition coefficient (Wildman–Crippen LogP) is 1.80. The highest BCUT2D eigenvalue weighted by Crippen LogP contribution is 2.26. The molecule has 1 saturated heterocycles. The Morgan fingerprint density at radius 1 is 1.38 bits per heavy atom. The Balaban J connectivity index is 1.90. The molecule has 0 N–H and O–H groups in total. The molecule has 3 heterocycles. The van der Waals surface area contributed by atoms with Crippen molar-refractivity contribution in [2.45, 2.75) is 26.8 Å². The van der Waals surface area contributed by atoms with Crippen LogP contribution in [0, 0.1) is 20.8 Å². The van der Waals surface area contributed by atoms with Gasteiger partial charge in [-0.2, -0.15) is 4.98 Å². The van der Waals surface area contributed by atoms with Crippen LogP contribution in [0.2, 0.25) is 0 Å². The van der Waals surface area contributed by atoms with Crippen LogP contribution in [0.1, 0.15) is 39.6 Å². The van der Waals surface area contributed by atoms with Crippen LogP contribution in [-0.2, 0) is 4.74 Å². The normalized spacial score (nSPS) is 19.0. The fourth-order valence-corrected chi connectivity index (χ4v) is 2.48. The topological polar surface area (TPSA) is 81.6 Å². The van der Waals surface area contributed by atoms with E-state index >= 15 is 0 Å². The van der Waals surface area contributed by atoms with E-state index < -0.39 is 0 Å². The Morgan fingerprint density at radius 3 is 2.81 bits per heavy atom. The van der Waals surface area contributed by atoms with E-state index in [1.165, 1.54) is 0 Å². The average molecular weight is 291 g/mol. The highest BCUT2D eigenvalue weighted by Gasteiger charge is 2.35. The summed E-state index contributed by atoms with van der Waals surface area (Å²) in [5.74, 6) is 1.82. The summed E-state index contributed by atoms with van der Waals surface area (Å²) in [5, 5.41) is 3.78. The first-order chi connectivity index (χ1) is 10.1. The monoisotopic (exact) mass is 291 g/mol. The number of rotatable bonds is 2. The highest BCUT2D eigenvalue weighted by molar-refractivity contribution is 5.93. The largest absolute Gasteiger partial charge is 0.456 e. The van der Waals surface area contributed by atoms with Crippen molar-refractivity contribution in [1.82, 2.24) is 15.0 Å². The summed E-state index contributed by atoms with van der Waals surface area (Å²) < 4.78 is 16.2. The lowest BCUT2D eigenvalue weighted by Gasteiger charge is -2.32. The van der Waals surface area contributed by atoms with E-state index in [0.29, 0.717) is 43.0 Å². The maximum Gasteiger partial charge on any atom is 0.290 e. The number of carbonyl (C=O) groups excluding carboxylic acids is 1. The van der Waals surface area contributed by atoms with Crippen LogP contribution in [0.25, 0.3) is 0 Å². The van der Waals surface area contributed by atoms with Crippen molar-refractivity contribution in [2.24, 2.45) is 0 Å². The molecule has 0 unspecified atom stereocenters. The SMILES string of the molecule is Cc1noc([C@H]2COCCN2C(=O)c2oc(C)cc2C)n1. The first-order valence-corrected chi connectivity index (χ1v) is 6.82. The minimum Gasteiger partial charge on any atom is -0.456 e. The number of furan rings is 1. The van der Waals surface area contributed by atoms with E-state index in [4.69, 9.17) is 13.7 Å². The van der Waals surface area contributed by atoms with Gasteiger partial charge in [0, 0.05) is 12.1 Å². The minimum atomic E-state index is -0.378. The molecule has 1 amide bonds. The molecule has 1 fully saturated rings.